The van der Waals surface area contributed by atoms with Gasteiger partial charge in [0.2, 0.25) is 0 Å². The molecule has 0 aliphatic rings. The minimum absolute atomic E-state index is 0.125. The molecule has 104 valence electrons. The highest BCUT2D eigenvalue weighted by molar-refractivity contribution is 6.34. The van der Waals surface area contributed by atoms with Gasteiger partial charge in [0, 0.05) is 5.56 Å². The Morgan fingerprint density at radius 3 is 2.60 bits per heavy atom. The maximum absolute atomic E-state index is 12.9. The first-order valence-electron chi connectivity index (χ1n) is 5.68. The molecule has 2 rings (SSSR count). The summed E-state index contributed by atoms with van der Waals surface area (Å²) in [4.78, 5) is 0. The first-order valence-corrected chi connectivity index (χ1v) is 6.44. The van der Waals surface area contributed by atoms with E-state index in [1.165, 1.54) is 18.2 Å². The SMILES string of the molecule is N=C(N)c1c(Cl)cccc1OCc1ccc(F)cc1Cl. The maximum Gasteiger partial charge on any atom is 0.132 e. The second-order valence-electron chi connectivity index (χ2n) is 4.05. The third-order valence-corrected chi connectivity index (χ3v) is 3.31. The molecule has 2 aromatic carbocycles. The number of nitrogen functional groups attached to an aromatic ring is 1. The van der Waals surface area contributed by atoms with Crippen molar-refractivity contribution in [1.82, 2.24) is 0 Å². The van der Waals surface area contributed by atoms with Crippen molar-refractivity contribution in [2.75, 3.05) is 0 Å². The van der Waals surface area contributed by atoms with E-state index in [4.69, 9.17) is 39.1 Å². The maximum atomic E-state index is 12.9. The Hall–Kier alpha value is -1.78. The van der Waals surface area contributed by atoms with Crippen molar-refractivity contribution in [3.8, 4) is 5.75 Å². The number of amidine groups is 1. The average molecular weight is 313 g/mol. The molecule has 3 N–H and O–H groups in total. The Labute approximate surface area is 125 Å². The lowest BCUT2D eigenvalue weighted by atomic mass is 10.2. The Morgan fingerprint density at radius 1 is 1.20 bits per heavy atom. The second kappa shape index (κ2) is 6.11. The zero-order chi connectivity index (χ0) is 14.7. The molecule has 0 unspecified atom stereocenters. The lowest BCUT2D eigenvalue weighted by Gasteiger charge is -2.12. The van der Waals surface area contributed by atoms with E-state index < -0.39 is 5.82 Å². The Bertz CT molecular complexity index is 662. The number of benzene rings is 2. The van der Waals surface area contributed by atoms with Crippen molar-refractivity contribution >= 4 is 29.0 Å². The van der Waals surface area contributed by atoms with E-state index in [9.17, 15) is 4.39 Å². The lowest BCUT2D eigenvalue weighted by Crippen LogP contribution is -2.14. The number of rotatable bonds is 4. The van der Waals surface area contributed by atoms with Crippen molar-refractivity contribution in [2.45, 2.75) is 6.61 Å². The molecule has 0 bridgehead atoms. The van der Waals surface area contributed by atoms with Gasteiger partial charge >= 0.3 is 0 Å². The number of hydrogen-bond donors (Lipinski definition) is 2. The molecule has 2 aromatic rings. The zero-order valence-corrected chi connectivity index (χ0v) is 11.8. The molecule has 0 saturated heterocycles. The quantitative estimate of drug-likeness (QED) is 0.662. The van der Waals surface area contributed by atoms with E-state index in [-0.39, 0.29) is 17.5 Å². The Kier molecular flexibility index (Phi) is 4.47. The second-order valence-corrected chi connectivity index (χ2v) is 4.87. The van der Waals surface area contributed by atoms with Crippen LogP contribution in [0.2, 0.25) is 10.0 Å². The monoisotopic (exact) mass is 312 g/mol. The van der Waals surface area contributed by atoms with Crippen molar-refractivity contribution < 1.29 is 9.13 Å². The summed E-state index contributed by atoms with van der Waals surface area (Å²) in [5.41, 5.74) is 6.43. The molecule has 20 heavy (non-hydrogen) atoms. The fourth-order valence-corrected chi connectivity index (χ4v) is 2.17. The molecule has 0 spiro atoms. The van der Waals surface area contributed by atoms with Crippen LogP contribution in [-0.2, 0) is 6.61 Å². The summed E-state index contributed by atoms with van der Waals surface area (Å²) in [6.45, 7) is 0.125. The largest absolute Gasteiger partial charge is 0.488 e. The normalized spacial score (nSPS) is 10.3. The van der Waals surface area contributed by atoms with Crippen LogP contribution >= 0.6 is 23.2 Å². The predicted molar refractivity (Wildman–Crippen MR) is 78.2 cm³/mol. The van der Waals surface area contributed by atoms with Crippen molar-refractivity contribution in [1.29, 1.82) is 5.41 Å². The molecule has 0 aliphatic carbocycles. The summed E-state index contributed by atoms with van der Waals surface area (Å²) >= 11 is 11.9. The summed E-state index contributed by atoms with van der Waals surface area (Å²) in [5, 5.41) is 8.12. The van der Waals surface area contributed by atoms with E-state index >= 15 is 0 Å². The van der Waals surface area contributed by atoms with Gasteiger partial charge in [-0.05, 0) is 24.3 Å². The van der Waals surface area contributed by atoms with Crippen LogP contribution < -0.4 is 10.5 Å². The average Bonchev–Trinajstić information content (AvgIpc) is 2.37. The zero-order valence-electron chi connectivity index (χ0n) is 10.3. The molecule has 6 heteroatoms. The minimum Gasteiger partial charge on any atom is -0.488 e. The minimum atomic E-state index is -0.411. The van der Waals surface area contributed by atoms with Gasteiger partial charge in [0.25, 0.3) is 0 Å². The third kappa shape index (κ3) is 3.21. The van der Waals surface area contributed by atoms with Crippen LogP contribution in [0.4, 0.5) is 4.39 Å². The number of hydrogen-bond acceptors (Lipinski definition) is 2. The van der Waals surface area contributed by atoms with Crippen LogP contribution in [0.25, 0.3) is 0 Å². The van der Waals surface area contributed by atoms with Gasteiger partial charge in [-0.2, -0.15) is 0 Å². The molecular weight excluding hydrogens is 302 g/mol. The molecule has 0 amide bonds. The van der Waals surface area contributed by atoms with Crippen LogP contribution in [0, 0.1) is 11.2 Å². The lowest BCUT2D eigenvalue weighted by molar-refractivity contribution is 0.305. The molecule has 0 aliphatic heterocycles. The first kappa shape index (κ1) is 14.6. The number of nitrogens with one attached hydrogen (secondary N) is 1. The molecule has 0 aromatic heterocycles. The van der Waals surface area contributed by atoms with Crippen molar-refractivity contribution in [2.24, 2.45) is 5.73 Å². The van der Waals surface area contributed by atoms with E-state index in [1.807, 2.05) is 0 Å². The highest BCUT2D eigenvalue weighted by Gasteiger charge is 2.12. The number of nitrogens with two attached hydrogens (primary N) is 1. The van der Waals surface area contributed by atoms with Crippen molar-refractivity contribution in [3.05, 3.63) is 63.4 Å². The van der Waals surface area contributed by atoms with Crippen LogP contribution in [0.3, 0.4) is 0 Å². The summed E-state index contributed by atoms with van der Waals surface area (Å²) in [6, 6.07) is 9.01. The van der Waals surface area contributed by atoms with Gasteiger partial charge in [-0.3, -0.25) is 5.41 Å². The van der Waals surface area contributed by atoms with Gasteiger partial charge in [0.1, 0.15) is 24.0 Å². The molecule has 0 heterocycles. The highest BCUT2D eigenvalue weighted by atomic mass is 35.5. The van der Waals surface area contributed by atoms with Gasteiger partial charge in [-0.1, -0.05) is 35.3 Å². The Morgan fingerprint density at radius 2 is 1.95 bits per heavy atom. The van der Waals surface area contributed by atoms with E-state index in [0.29, 0.717) is 21.9 Å². The Balaban J connectivity index is 2.23. The molecule has 0 saturated carbocycles. The van der Waals surface area contributed by atoms with E-state index in [2.05, 4.69) is 0 Å². The summed E-state index contributed by atoms with van der Waals surface area (Å²) in [7, 11) is 0. The van der Waals surface area contributed by atoms with E-state index in [1.54, 1.807) is 18.2 Å². The van der Waals surface area contributed by atoms with Crippen molar-refractivity contribution in [3.63, 3.8) is 0 Å². The van der Waals surface area contributed by atoms with E-state index in [0.717, 1.165) is 0 Å². The van der Waals surface area contributed by atoms with Gasteiger partial charge < -0.3 is 10.5 Å². The number of halogens is 3. The first-order chi connectivity index (χ1) is 9.49. The fraction of sp³-hybridized carbons (Fsp3) is 0.0714. The summed E-state index contributed by atoms with van der Waals surface area (Å²) in [5.74, 6) is -0.216. The van der Waals surface area contributed by atoms with Gasteiger partial charge in [0.15, 0.2) is 0 Å². The van der Waals surface area contributed by atoms with Gasteiger partial charge in [0.05, 0.1) is 15.6 Å². The van der Waals surface area contributed by atoms with Gasteiger partial charge in [-0.25, -0.2) is 4.39 Å². The molecule has 0 atom stereocenters. The van der Waals surface area contributed by atoms with Crippen LogP contribution in [-0.4, -0.2) is 5.84 Å². The van der Waals surface area contributed by atoms with Crippen LogP contribution in [0.15, 0.2) is 36.4 Å². The number of ether oxygens (including phenoxy) is 1. The van der Waals surface area contributed by atoms with Gasteiger partial charge in [-0.15, -0.1) is 0 Å². The standard InChI is InChI=1S/C14H11Cl2FN2O/c15-10-2-1-3-12(13(10)14(18)19)20-7-8-4-5-9(17)6-11(8)16/h1-6H,7H2,(H3,18,19). The highest BCUT2D eigenvalue weighted by Crippen LogP contribution is 2.27. The molecule has 0 radical (unpaired) electrons. The molecule has 3 nitrogen and oxygen atoms in total. The molecule has 0 fully saturated rings. The smallest absolute Gasteiger partial charge is 0.132 e. The summed E-state index contributed by atoms with van der Waals surface area (Å²) in [6.07, 6.45) is 0. The topological polar surface area (TPSA) is 59.1 Å². The fourth-order valence-electron chi connectivity index (χ4n) is 1.68. The van der Waals surface area contributed by atoms with Crippen LogP contribution in [0.5, 0.6) is 5.75 Å². The molecular formula is C14H11Cl2FN2O. The summed E-state index contributed by atoms with van der Waals surface area (Å²) < 4.78 is 18.5. The third-order valence-electron chi connectivity index (χ3n) is 2.64. The van der Waals surface area contributed by atoms with Crippen LogP contribution in [0.1, 0.15) is 11.1 Å². The predicted octanol–water partition coefficient (Wildman–Crippen LogP) is 4.00.